The fourth-order valence-corrected chi connectivity index (χ4v) is 6.61. The zero-order valence-corrected chi connectivity index (χ0v) is 19.6. The predicted molar refractivity (Wildman–Crippen MR) is 122 cm³/mol. The van der Waals surface area contributed by atoms with E-state index in [9.17, 15) is 21.6 Å². The number of sulfonamides is 2. The van der Waals surface area contributed by atoms with Crippen LogP contribution in [0.4, 0.5) is 11.4 Å². The topological polar surface area (TPSA) is 104 Å². The summed E-state index contributed by atoms with van der Waals surface area (Å²) in [6.45, 7) is 4.48. The van der Waals surface area contributed by atoms with Gasteiger partial charge in [0, 0.05) is 25.2 Å². The summed E-state index contributed by atoms with van der Waals surface area (Å²) >= 11 is 6.19. The molecule has 1 amide bonds. The van der Waals surface area contributed by atoms with Crippen molar-refractivity contribution in [2.75, 3.05) is 35.0 Å². The van der Waals surface area contributed by atoms with Gasteiger partial charge in [0.25, 0.3) is 5.91 Å². The summed E-state index contributed by atoms with van der Waals surface area (Å²) in [7, 11) is -7.10. The molecule has 1 heterocycles. The summed E-state index contributed by atoms with van der Waals surface area (Å²) in [6, 6.07) is 10.4. The van der Waals surface area contributed by atoms with Crippen molar-refractivity contribution < 1.29 is 21.6 Å². The first-order valence-electron chi connectivity index (χ1n) is 9.81. The molecule has 1 N–H and O–H groups in total. The van der Waals surface area contributed by atoms with Crippen LogP contribution < -0.4 is 9.62 Å². The van der Waals surface area contributed by atoms with Crippen molar-refractivity contribution in [1.29, 1.82) is 0 Å². The number of rotatable bonds is 7. The second-order valence-electron chi connectivity index (χ2n) is 6.98. The molecule has 168 valence electrons. The number of carbonyl (C=O) groups excluding carboxylic acids is 1. The van der Waals surface area contributed by atoms with Gasteiger partial charge in [0.1, 0.15) is 0 Å². The highest BCUT2D eigenvalue weighted by Crippen LogP contribution is 2.29. The van der Waals surface area contributed by atoms with E-state index < -0.39 is 26.0 Å². The van der Waals surface area contributed by atoms with E-state index >= 15 is 0 Å². The molecule has 0 saturated carbocycles. The Labute approximate surface area is 187 Å². The van der Waals surface area contributed by atoms with E-state index in [4.69, 9.17) is 11.6 Å². The Kier molecular flexibility index (Phi) is 6.95. The fourth-order valence-electron chi connectivity index (χ4n) is 3.40. The number of halogens is 1. The Hall–Kier alpha value is -2.14. The highest BCUT2D eigenvalue weighted by atomic mass is 35.5. The Bertz CT molecular complexity index is 1200. The van der Waals surface area contributed by atoms with Crippen molar-refractivity contribution >= 4 is 48.9 Å². The molecule has 0 atom stereocenters. The zero-order valence-electron chi connectivity index (χ0n) is 17.2. The molecule has 11 heteroatoms. The molecule has 0 aromatic heterocycles. The maximum absolute atomic E-state index is 12.8. The molecule has 2 aromatic rings. The summed E-state index contributed by atoms with van der Waals surface area (Å²) in [5.41, 5.74) is 0.792. The second-order valence-corrected chi connectivity index (χ2v) is 11.3. The van der Waals surface area contributed by atoms with Crippen LogP contribution in [0.25, 0.3) is 0 Å². The minimum atomic E-state index is -3.72. The molecule has 3 rings (SSSR count). The molecule has 31 heavy (non-hydrogen) atoms. The van der Waals surface area contributed by atoms with Crippen molar-refractivity contribution in [2.45, 2.75) is 25.2 Å². The molecule has 1 fully saturated rings. The summed E-state index contributed by atoms with van der Waals surface area (Å²) in [5.74, 6) is -0.454. The number of nitrogens with zero attached hydrogens (tertiary/aromatic N) is 2. The minimum Gasteiger partial charge on any atom is -0.321 e. The molecule has 1 saturated heterocycles. The number of hydrogen-bond acceptors (Lipinski definition) is 5. The van der Waals surface area contributed by atoms with Crippen molar-refractivity contribution in [2.24, 2.45) is 0 Å². The lowest BCUT2D eigenvalue weighted by Crippen LogP contribution is -2.30. The molecule has 0 radical (unpaired) electrons. The van der Waals surface area contributed by atoms with Gasteiger partial charge in [0.2, 0.25) is 20.0 Å². The number of carbonyl (C=O) groups is 1. The molecule has 0 bridgehead atoms. The van der Waals surface area contributed by atoms with Crippen molar-refractivity contribution in [3.8, 4) is 0 Å². The Morgan fingerprint density at radius 1 is 1.16 bits per heavy atom. The predicted octanol–water partition coefficient (Wildman–Crippen LogP) is 3.16. The standard InChI is InChI=1S/C20H24ClN3O5S2/c1-3-23(4-2)31(28,29)17-9-10-18(21)19(14-17)22-20(25)15-7-5-8-16(13-15)24-11-6-12-30(24,26)27/h5,7-10,13-14H,3-4,6,11-12H2,1-2H3,(H,22,25). The van der Waals surface area contributed by atoms with Gasteiger partial charge in [-0.1, -0.05) is 31.5 Å². The summed E-state index contributed by atoms with van der Waals surface area (Å²) in [4.78, 5) is 12.8. The average molecular weight is 486 g/mol. The molecular weight excluding hydrogens is 462 g/mol. The lowest BCUT2D eigenvalue weighted by atomic mass is 10.1. The van der Waals surface area contributed by atoms with E-state index in [2.05, 4.69) is 5.32 Å². The molecule has 2 aromatic carbocycles. The third-order valence-corrected chi connectivity index (χ3v) is 9.27. The lowest BCUT2D eigenvalue weighted by Gasteiger charge is -2.19. The highest BCUT2D eigenvalue weighted by molar-refractivity contribution is 7.93. The number of benzene rings is 2. The van der Waals surface area contributed by atoms with Gasteiger partial charge < -0.3 is 5.32 Å². The SMILES string of the molecule is CCN(CC)S(=O)(=O)c1ccc(Cl)c(NC(=O)c2cccc(N3CCCS3(=O)=O)c2)c1. The third-order valence-electron chi connectivity index (χ3n) is 5.02. The van der Waals surface area contributed by atoms with E-state index in [0.717, 1.165) is 0 Å². The van der Waals surface area contributed by atoms with Gasteiger partial charge in [-0.25, -0.2) is 16.8 Å². The summed E-state index contributed by atoms with van der Waals surface area (Å²) < 4.78 is 52.5. The first-order valence-corrected chi connectivity index (χ1v) is 13.2. The third kappa shape index (κ3) is 4.87. The highest BCUT2D eigenvalue weighted by Gasteiger charge is 2.29. The maximum Gasteiger partial charge on any atom is 0.255 e. The Morgan fingerprint density at radius 2 is 1.87 bits per heavy atom. The minimum absolute atomic E-state index is 0.0211. The van der Waals surface area contributed by atoms with Gasteiger partial charge in [-0.05, 0) is 42.8 Å². The van der Waals surface area contributed by atoms with Gasteiger partial charge in [-0.15, -0.1) is 0 Å². The van der Waals surface area contributed by atoms with Gasteiger partial charge in [-0.2, -0.15) is 4.31 Å². The largest absolute Gasteiger partial charge is 0.321 e. The number of amides is 1. The average Bonchev–Trinajstić information content (AvgIpc) is 3.09. The smallest absolute Gasteiger partial charge is 0.255 e. The van der Waals surface area contributed by atoms with Crippen LogP contribution in [0.3, 0.4) is 0 Å². The van der Waals surface area contributed by atoms with E-state index in [1.165, 1.54) is 32.9 Å². The van der Waals surface area contributed by atoms with Crippen molar-refractivity contribution in [1.82, 2.24) is 4.31 Å². The summed E-state index contributed by atoms with van der Waals surface area (Å²) in [6.07, 6.45) is 0.530. The van der Waals surface area contributed by atoms with E-state index in [0.29, 0.717) is 31.7 Å². The van der Waals surface area contributed by atoms with E-state index in [1.807, 2.05) is 0 Å². The van der Waals surface area contributed by atoms with Crippen molar-refractivity contribution in [3.05, 3.63) is 53.1 Å². The second kappa shape index (κ2) is 9.15. The van der Waals surface area contributed by atoms with Crippen LogP contribution >= 0.6 is 11.6 Å². The molecule has 1 aliphatic heterocycles. The van der Waals surface area contributed by atoms with Crippen LogP contribution in [-0.2, 0) is 20.0 Å². The number of hydrogen-bond donors (Lipinski definition) is 1. The van der Waals surface area contributed by atoms with E-state index in [1.54, 1.807) is 32.0 Å². The zero-order chi connectivity index (χ0) is 22.8. The quantitative estimate of drug-likeness (QED) is 0.648. The van der Waals surface area contributed by atoms with Crippen LogP contribution in [0.1, 0.15) is 30.6 Å². The van der Waals surface area contributed by atoms with Gasteiger partial charge >= 0.3 is 0 Å². The van der Waals surface area contributed by atoms with Crippen LogP contribution in [-0.4, -0.2) is 52.4 Å². The van der Waals surface area contributed by atoms with E-state index in [-0.39, 0.29) is 26.9 Å². The Morgan fingerprint density at radius 3 is 2.48 bits per heavy atom. The number of anilines is 2. The van der Waals surface area contributed by atoms with Gasteiger partial charge in [0.15, 0.2) is 0 Å². The lowest BCUT2D eigenvalue weighted by molar-refractivity contribution is 0.102. The molecule has 0 unspecified atom stereocenters. The Balaban J connectivity index is 1.88. The van der Waals surface area contributed by atoms with Crippen LogP contribution in [0.15, 0.2) is 47.4 Å². The molecular formula is C20H24ClN3O5S2. The monoisotopic (exact) mass is 485 g/mol. The summed E-state index contributed by atoms with van der Waals surface area (Å²) in [5, 5.41) is 2.82. The van der Waals surface area contributed by atoms with Crippen LogP contribution in [0, 0.1) is 0 Å². The first-order chi connectivity index (χ1) is 14.6. The van der Waals surface area contributed by atoms with Crippen molar-refractivity contribution in [3.63, 3.8) is 0 Å². The molecule has 0 spiro atoms. The van der Waals surface area contributed by atoms with Gasteiger partial charge in [0.05, 0.1) is 27.0 Å². The molecule has 1 aliphatic rings. The molecule has 8 nitrogen and oxygen atoms in total. The first kappa shape index (κ1) is 23.5. The molecule has 0 aliphatic carbocycles. The number of nitrogens with one attached hydrogen (secondary N) is 1. The fraction of sp³-hybridized carbons (Fsp3) is 0.350. The maximum atomic E-state index is 12.8. The van der Waals surface area contributed by atoms with Crippen LogP contribution in [0.5, 0.6) is 0 Å². The normalized spacial score (nSPS) is 15.9. The van der Waals surface area contributed by atoms with Crippen LogP contribution in [0.2, 0.25) is 5.02 Å². The van der Waals surface area contributed by atoms with Gasteiger partial charge in [-0.3, -0.25) is 9.10 Å².